The lowest BCUT2D eigenvalue weighted by atomic mass is 9.98. The van der Waals surface area contributed by atoms with Crippen molar-refractivity contribution in [2.75, 3.05) is 19.0 Å². The van der Waals surface area contributed by atoms with Crippen LogP contribution in [-0.4, -0.2) is 24.8 Å². The molecule has 0 aliphatic carbocycles. The number of halogens is 1. The molecule has 0 saturated heterocycles. The van der Waals surface area contributed by atoms with Crippen LogP contribution in [0.1, 0.15) is 31.1 Å². The average Bonchev–Trinajstić information content (AvgIpc) is 2.36. The summed E-state index contributed by atoms with van der Waals surface area (Å²) >= 11 is 3.45. The molecule has 0 bridgehead atoms. The van der Waals surface area contributed by atoms with Gasteiger partial charge in [-0.2, -0.15) is 0 Å². The molecule has 0 radical (unpaired) electrons. The number of Topliss-reactive ketones (excluding diaryl/α,β-unsaturated/α-hetero) is 1. The molecule has 1 aromatic carbocycles. The van der Waals surface area contributed by atoms with Crippen LogP contribution < -0.4 is 9.47 Å². The zero-order chi connectivity index (χ0) is 13.8. The summed E-state index contributed by atoms with van der Waals surface area (Å²) in [5.41, 5.74) is 0.670. The fraction of sp³-hybridized carbons (Fsp3) is 0.500. The summed E-state index contributed by atoms with van der Waals surface area (Å²) in [6, 6.07) is 5.24. The first-order chi connectivity index (χ1) is 8.39. The van der Waals surface area contributed by atoms with Crippen molar-refractivity contribution < 1.29 is 14.3 Å². The topological polar surface area (TPSA) is 35.5 Å². The van der Waals surface area contributed by atoms with Crippen LogP contribution in [0.5, 0.6) is 11.5 Å². The predicted octanol–water partition coefficient (Wildman–Crippen LogP) is 3.70. The van der Waals surface area contributed by atoms with Crippen molar-refractivity contribution in [1.82, 2.24) is 0 Å². The van der Waals surface area contributed by atoms with Gasteiger partial charge in [-0.05, 0) is 25.1 Å². The van der Waals surface area contributed by atoms with Crippen molar-refractivity contribution in [3.05, 3.63) is 23.8 Å². The highest BCUT2D eigenvalue weighted by Crippen LogP contribution is 2.30. The fourth-order valence-corrected chi connectivity index (χ4v) is 1.48. The van der Waals surface area contributed by atoms with Crippen molar-refractivity contribution in [1.29, 1.82) is 0 Å². The van der Waals surface area contributed by atoms with Crippen LogP contribution in [-0.2, 0) is 0 Å². The second-order valence-electron chi connectivity index (χ2n) is 5.01. The van der Waals surface area contributed by atoms with Crippen molar-refractivity contribution >= 4 is 21.7 Å². The number of hydrogen-bond donors (Lipinski definition) is 0. The van der Waals surface area contributed by atoms with E-state index in [1.54, 1.807) is 25.3 Å². The molecule has 100 valence electrons. The molecule has 0 heterocycles. The molecule has 18 heavy (non-hydrogen) atoms. The normalized spacial score (nSPS) is 11.2. The number of rotatable bonds is 6. The molecular formula is C14H19BrO3. The maximum Gasteiger partial charge on any atom is 0.161 e. The molecule has 0 atom stereocenters. The van der Waals surface area contributed by atoms with E-state index in [0.29, 0.717) is 23.7 Å². The zero-order valence-corrected chi connectivity index (χ0v) is 12.8. The van der Waals surface area contributed by atoms with Crippen molar-refractivity contribution in [2.24, 2.45) is 5.41 Å². The number of ether oxygens (including phenoxy) is 2. The molecule has 0 N–H and O–H groups in total. The first kappa shape index (κ1) is 15.0. The molecule has 0 fully saturated rings. The Morgan fingerprint density at radius 1 is 1.33 bits per heavy atom. The van der Waals surface area contributed by atoms with E-state index >= 15 is 0 Å². The lowest BCUT2D eigenvalue weighted by molar-refractivity contribution is 0.101. The lowest BCUT2D eigenvalue weighted by Gasteiger charge is -2.22. The maximum atomic E-state index is 11.3. The van der Waals surface area contributed by atoms with Gasteiger partial charge in [0, 0.05) is 16.3 Å². The molecule has 4 heteroatoms. The van der Waals surface area contributed by atoms with Gasteiger partial charge in [0.25, 0.3) is 0 Å². The molecule has 0 amide bonds. The summed E-state index contributed by atoms with van der Waals surface area (Å²) in [7, 11) is 1.57. The lowest BCUT2D eigenvalue weighted by Crippen LogP contribution is -2.23. The number of hydrogen-bond acceptors (Lipinski definition) is 3. The second kappa shape index (κ2) is 6.23. The van der Waals surface area contributed by atoms with Crippen LogP contribution in [0.4, 0.5) is 0 Å². The molecule has 1 rings (SSSR count). The number of carbonyl (C=O) groups is 1. The van der Waals surface area contributed by atoms with Gasteiger partial charge in [0.15, 0.2) is 17.3 Å². The van der Waals surface area contributed by atoms with E-state index in [4.69, 9.17) is 9.47 Å². The smallest absolute Gasteiger partial charge is 0.161 e. The van der Waals surface area contributed by atoms with Gasteiger partial charge >= 0.3 is 0 Å². The van der Waals surface area contributed by atoms with Crippen molar-refractivity contribution in [2.45, 2.75) is 20.8 Å². The predicted molar refractivity (Wildman–Crippen MR) is 76.1 cm³/mol. The first-order valence-electron chi connectivity index (χ1n) is 5.77. The second-order valence-corrected chi connectivity index (χ2v) is 5.57. The minimum absolute atomic E-state index is 0.0145. The largest absolute Gasteiger partial charge is 0.493 e. The van der Waals surface area contributed by atoms with Gasteiger partial charge in [-0.25, -0.2) is 0 Å². The van der Waals surface area contributed by atoms with Gasteiger partial charge < -0.3 is 9.47 Å². The van der Waals surface area contributed by atoms with Gasteiger partial charge in [0.2, 0.25) is 0 Å². The Morgan fingerprint density at radius 3 is 2.50 bits per heavy atom. The first-order valence-corrected chi connectivity index (χ1v) is 6.89. The zero-order valence-electron chi connectivity index (χ0n) is 11.2. The monoisotopic (exact) mass is 314 g/mol. The fourth-order valence-electron chi connectivity index (χ4n) is 1.32. The van der Waals surface area contributed by atoms with Gasteiger partial charge in [-0.3, -0.25) is 4.79 Å². The third kappa shape index (κ3) is 4.02. The van der Waals surface area contributed by atoms with Crippen molar-refractivity contribution in [3.8, 4) is 11.5 Å². The third-order valence-electron chi connectivity index (χ3n) is 2.55. The van der Waals surface area contributed by atoms with Crippen LogP contribution in [0.25, 0.3) is 0 Å². The van der Waals surface area contributed by atoms with Crippen LogP contribution in [0, 0.1) is 5.41 Å². The van der Waals surface area contributed by atoms with E-state index in [-0.39, 0.29) is 11.2 Å². The van der Waals surface area contributed by atoms with E-state index < -0.39 is 0 Å². The number of methoxy groups -OCH3 is 1. The van der Waals surface area contributed by atoms with Crippen LogP contribution in [0.2, 0.25) is 0 Å². The van der Waals surface area contributed by atoms with E-state index in [0.717, 1.165) is 5.33 Å². The number of carbonyl (C=O) groups excluding carboxylic acids is 1. The highest BCUT2D eigenvalue weighted by Gasteiger charge is 2.18. The molecule has 3 nitrogen and oxygen atoms in total. The van der Waals surface area contributed by atoms with E-state index in [1.807, 2.05) is 0 Å². The molecule has 1 aromatic rings. The molecular weight excluding hydrogens is 296 g/mol. The summed E-state index contributed by atoms with van der Waals surface area (Å²) in [5.74, 6) is 1.27. The SMILES string of the molecule is COc1cc(C(C)=O)ccc1OCC(C)(C)CBr. The Labute approximate surface area is 117 Å². The van der Waals surface area contributed by atoms with Crippen LogP contribution in [0.3, 0.4) is 0 Å². The Balaban J connectivity index is 2.86. The van der Waals surface area contributed by atoms with Gasteiger partial charge in [0.05, 0.1) is 13.7 Å². The summed E-state index contributed by atoms with van der Waals surface area (Å²) in [6.45, 7) is 6.33. The highest BCUT2D eigenvalue weighted by atomic mass is 79.9. The minimum Gasteiger partial charge on any atom is -0.493 e. The van der Waals surface area contributed by atoms with E-state index in [1.165, 1.54) is 6.92 Å². The Hall–Kier alpha value is -1.03. The van der Waals surface area contributed by atoms with Gasteiger partial charge in [0.1, 0.15) is 0 Å². The Morgan fingerprint density at radius 2 is 2.00 bits per heavy atom. The summed E-state index contributed by atoms with van der Waals surface area (Å²) < 4.78 is 11.0. The molecule has 0 aliphatic heterocycles. The maximum absolute atomic E-state index is 11.3. The Kier molecular flexibility index (Phi) is 5.20. The molecule has 0 saturated carbocycles. The number of ketones is 1. The van der Waals surface area contributed by atoms with Crippen LogP contribution in [0.15, 0.2) is 18.2 Å². The van der Waals surface area contributed by atoms with E-state index in [9.17, 15) is 4.79 Å². The molecule has 0 aliphatic rings. The molecule has 0 aromatic heterocycles. The highest BCUT2D eigenvalue weighted by molar-refractivity contribution is 9.09. The van der Waals surface area contributed by atoms with Crippen LogP contribution >= 0.6 is 15.9 Å². The van der Waals surface area contributed by atoms with Gasteiger partial charge in [-0.15, -0.1) is 0 Å². The minimum atomic E-state index is 0.0145. The third-order valence-corrected chi connectivity index (χ3v) is 4.07. The Bertz CT molecular complexity index is 427. The summed E-state index contributed by atoms with van der Waals surface area (Å²) in [6.07, 6.45) is 0. The standard InChI is InChI=1S/C14H19BrO3/c1-10(16)11-5-6-12(13(7-11)17-4)18-9-14(2,3)8-15/h5-7H,8-9H2,1-4H3. The number of alkyl halides is 1. The van der Waals surface area contributed by atoms with E-state index in [2.05, 4.69) is 29.8 Å². The number of benzene rings is 1. The summed E-state index contributed by atoms with van der Waals surface area (Å²) in [4.78, 5) is 11.3. The van der Waals surface area contributed by atoms with Gasteiger partial charge in [-0.1, -0.05) is 29.8 Å². The molecule has 0 unspecified atom stereocenters. The molecule has 0 spiro atoms. The summed E-state index contributed by atoms with van der Waals surface area (Å²) in [5, 5.41) is 0.855. The average molecular weight is 315 g/mol. The quantitative estimate of drug-likeness (QED) is 0.593. The van der Waals surface area contributed by atoms with Crippen molar-refractivity contribution in [3.63, 3.8) is 0 Å².